The van der Waals surface area contributed by atoms with E-state index < -0.39 is 0 Å². The second-order valence-corrected chi connectivity index (χ2v) is 5.22. The highest BCUT2D eigenvalue weighted by atomic mass is 16.7. The summed E-state index contributed by atoms with van der Waals surface area (Å²) in [5.74, 6) is 1.79. The van der Waals surface area contributed by atoms with Crippen LogP contribution in [0.1, 0.15) is 36.8 Å². The third-order valence-corrected chi connectivity index (χ3v) is 4.22. The highest BCUT2D eigenvalue weighted by molar-refractivity contribution is 5.52. The first-order valence-electron chi connectivity index (χ1n) is 6.36. The Morgan fingerprint density at radius 1 is 1.24 bits per heavy atom. The average molecular weight is 233 g/mol. The van der Waals surface area contributed by atoms with Crippen LogP contribution in [0.2, 0.25) is 0 Å². The quantitative estimate of drug-likeness (QED) is 0.853. The first-order valence-corrected chi connectivity index (χ1v) is 6.36. The Morgan fingerprint density at radius 3 is 2.71 bits per heavy atom. The third kappa shape index (κ3) is 1.61. The van der Waals surface area contributed by atoms with Crippen molar-refractivity contribution in [3.05, 3.63) is 23.3 Å². The van der Waals surface area contributed by atoms with E-state index in [1.807, 2.05) is 0 Å². The molecule has 0 aromatic heterocycles. The number of aryl methyl sites for hydroxylation is 1. The van der Waals surface area contributed by atoms with Crippen LogP contribution < -0.4 is 15.2 Å². The molecule has 1 aliphatic heterocycles. The molecule has 2 aliphatic rings. The maximum atomic E-state index is 6.02. The molecular weight excluding hydrogens is 214 g/mol. The maximum Gasteiger partial charge on any atom is 0.231 e. The lowest BCUT2D eigenvalue weighted by Gasteiger charge is -2.28. The van der Waals surface area contributed by atoms with Gasteiger partial charge in [0.05, 0.1) is 0 Å². The molecule has 1 saturated carbocycles. The first kappa shape index (κ1) is 10.9. The molecule has 1 aromatic rings. The minimum Gasteiger partial charge on any atom is -0.454 e. The highest BCUT2D eigenvalue weighted by Gasteiger charge is 2.35. The largest absolute Gasteiger partial charge is 0.454 e. The number of fused-ring (bicyclic) bond motifs is 1. The van der Waals surface area contributed by atoms with Crippen molar-refractivity contribution < 1.29 is 9.47 Å². The number of nitrogens with two attached hydrogens (primary N) is 1. The maximum absolute atomic E-state index is 6.02. The van der Waals surface area contributed by atoms with Crippen LogP contribution in [0, 0.1) is 6.92 Å². The number of rotatable bonds is 2. The van der Waals surface area contributed by atoms with Gasteiger partial charge in [0.25, 0.3) is 0 Å². The summed E-state index contributed by atoms with van der Waals surface area (Å²) in [5.41, 5.74) is 8.69. The van der Waals surface area contributed by atoms with E-state index >= 15 is 0 Å². The number of ether oxygens (including phenoxy) is 2. The second kappa shape index (κ2) is 3.91. The molecule has 0 radical (unpaired) electrons. The van der Waals surface area contributed by atoms with E-state index in [1.165, 1.54) is 31.2 Å². The highest BCUT2D eigenvalue weighted by Crippen LogP contribution is 2.45. The molecule has 3 nitrogen and oxygen atoms in total. The number of hydrogen-bond acceptors (Lipinski definition) is 3. The summed E-state index contributed by atoms with van der Waals surface area (Å²) in [7, 11) is 0. The van der Waals surface area contributed by atoms with Crippen molar-refractivity contribution in [3.63, 3.8) is 0 Å². The van der Waals surface area contributed by atoms with Crippen LogP contribution in [0.15, 0.2) is 12.1 Å². The molecular formula is C14H19NO2. The fourth-order valence-corrected chi connectivity index (χ4v) is 3.15. The van der Waals surface area contributed by atoms with Crippen LogP contribution >= 0.6 is 0 Å². The Hall–Kier alpha value is -1.22. The van der Waals surface area contributed by atoms with Gasteiger partial charge in [-0.05, 0) is 37.0 Å². The zero-order valence-corrected chi connectivity index (χ0v) is 10.3. The van der Waals surface area contributed by atoms with E-state index in [2.05, 4.69) is 19.1 Å². The predicted molar refractivity (Wildman–Crippen MR) is 66.5 cm³/mol. The molecule has 3 heteroatoms. The summed E-state index contributed by atoms with van der Waals surface area (Å²) < 4.78 is 11.0. The van der Waals surface area contributed by atoms with E-state index in [0.29, 0.717) is 6.79 Å². The molecule has 2 N–H and O–H groups in total. The Balaban J connectivity index is 2.06. The van der Waals surface area contributed by atoms with Gasteiger partial charge in [-0.25, -0.2) is 0 Å². The molecule has 0 spiro atoms. The summed E-state index contributed by atoms with van der Waals surface area (Å²) in [6.07, 6.45) is 4.96. The SMILES string of the molecule is Cc1cc(C2(CN)CCCC2)cc2c1OCO2. The lowest BCUT2D eigenvalue weighted by molar-refractivity contribution is 0.173. The third-order valence-electron chi connectivity index (χ3n) is 4.22. The van der Waals surface area contributed by atoms with E-state index in [1.54, 1.807) is 0 Å². The predicted octanol–water partition coefficient (Wildman–Crippen LogP) is 2.49. The van der Waals surface area contributed by atoms with Gasteiger partial charge in [0.2, 0.25) is 6.79 Å². The van der Waals surface area contributed by atoms with Crippen LogP contribution in [0.5, 0.6) is 11.5 Å². The Morgan fingerprint density at radius 2 is 2.00 bits per heavy atom. The Bertz CT molecular complexity index is 436. The summed E-state index contributed by atoms with van der Waals surface area (Å²) in [6.45, 7) is 3.15. The zero-order valence-electron chi connectivity index (χ0n) is 10.3. The van der Waals surface area contributed by atoms with E-state index in [4.69, 9.17) is 15.2 Å². The van der Waals surface area contributed by atoms with Crippen LogP contribution in [0.3, 0.4) is 0 Å². The van der Waals surface area contributed by atoms with Crippen LogP contribution in [-0.2, 0) is 5.41 Å². The molecule has 17 heavy (non-hydrogen) atoms. The van der Waals surface area contributed by atoms with E-state index in [9.17, 15) is 0 Å². The molecule has 3 rings (SSSR count). The molecule has 1 fully saturated rings. The van der Waals surface area contributed by atoms with Crippen molar-refractivity contribution in [1.82, 2.24) is 0 Å². The Labute approximate surface area is 102 Å². The van der Waals surface area contributed by atoms with Crippen molar-refractivity contribution in [1.29, 1.82) is 0 Å². The summed E-state index contributed by atoms with van der Waals surface area (Å²) >= 11 is 0. The van der Waals surface area contributed by atoms with E-state index in [-0.39, 0.29) is 5.41 Å². The first-order chi connectivity index (χ1) is 8.25. The smallest absolute Gasteiger partial charge is 0.231 e. The van der Waals surface area contributed by atoms with E-state index in [0.717, 1.165) is 23.6 Å². The van der Waals surface area contributed by atoms with Crippen LogP contribution in [-0.4, -0.2) is 13.3 Å². The summed E-state index contributed by atoms with van der Waals surface area (Å²) in [4.78, 5) is 0. The number of hydrogen-bond donors (Lipinski definition) is 1. The zero-order chi connectivity index (χ0) is 11.9. The molecule has 0 saturated heterocycles. The fourth-order valence-electron chi connectivity index (χ4n) is 3.15. The van der Waals surface area contributed by atoms with Crippen molar-refractivity contribution in [3.8, 4) is 11.5 Å². The molecule has 0 atom stereocenters. The molecule has 1 aromatic carbocycles. The fraction of sp³-hybridized carbons (Fsp3) is 0.571. The standard InChI is InChI=1S/C14H19NO2/c1-10-6-11(7-12-13(10)17-9-16-12)14(8-15)4-2-3-5-14/h6-7H,2-5,8-9,15H2,1H3. The lowest BCUT2D eigenvalue weighted by atomic mass is 9.78. The molecule has 0 amide bonds. The van der Waals surface area contributed by atoms with Gasteiger partial charge < -0.3 is 15.2 Å². The average Bonchev–Trinajstić information content (AvgIpc) is 2.98. The van der Waals surface area contributed by atoms with Crippen LogP contribution in [0.4, 0.5) is 0 Å². The van der Waals surface area contributed by atoms with Gasteiger partial charge >= 0.3 is 0 Å². The topological polar surface area (TPSA) is 44.5 Å². The molecule has 92 valence electrons. The van der Waals surface area contributed by atoms with Crippen molar-refractivity contribution in [2.24, 2.45) is 5.73 Å². The van der Waals surface area contributed by atoms with Gasteiger partial charge in [-0.15, -0.1) is 0 Å². The van der Waals surface area contributed by atoms with Crippen LogP contribution in [0.25, 0.3) is 0 Å². The lowest BCUT2D eigenvalue weighted by Crippen LogP contribution is -2.32. The van der Waals surface area contributed by atoms with Crippen molar-refractivity contribution in [2.75, 3.05) is 13.3 Å². The van der Waals surface area contributed by atoms with Gasteiger partial charge in [-0.3, -0.25) is 0 Å². The van der Waals surface area contributed by atoms with Crippen molar-refractivity contribution in [2.45, 2.75) is 38.0 Å². The molecule has 1 aliphatic carbocycles. The minimum absolute atomic E-state index is 0.172. The minimum atomic E-state index is 0.172. The molecule has 0 bridgehead atoms. The molecule has 0 unspecified atom stereocenters. The van der Waals surface area contributed by atoms with Gasteiger partial charge in [0, 0.05) is 12.0 Å². The summed E-state index contributed by atoms with van der Waals surface area (Å²) in [6, 6.07) is 4.36. The van der Waals surface area contributed by atoms with Gasteiger partial charge in [-0.1, -0.05) is 18.9 Å². The van der Waals surface area contributed by atoms with Crippen molar-refractivity contribution >= 4 is 0 Å². The number of benzene rings is 1. The van der Waals surface area contributed by atoms with Gasteiger partial charge in [0.1, 0.15) is 0 Å². The van der Waals surface area contributed by atoms with Gasteiger partial charge in [0.15, 0.2) is 11.5 Å². The normalized spacial score (nSPS) is 20.8. The second-order valence-electron chi connectivity index (χ2n) is 5.22. The Kier molecular flexibility index (Phi) is 2.51. The molecule has 1 heterocycles. The monoisotopic (exact) mass is 233 g/mol. The van der Waals surface area contributed by atoms with Gasteiger partial charge in [-0.2, -0.15) is 0 Å². The summed E-state index contributed by atoms with van der Waals surface area (Å²) in [5, 5.41) is 0.